The number of hydrogen-bond acceptors (Lipinski definition) is 6. The number of nitrogens with zero attached hydrogens (tertiary/aromatic N) is 5. The maximum absolute atomic E-state index is 13.3. The fourth-order valence-electron chi connectivity index (χ4n) is 2.48. The Morgan fingerprint density at radius 2 is 1.91 bits per heavy atom. The molecular weight excluding hydrogens is 283 g/mol. The summed E-state index contributed by atoms with van der Waals surface area (Å²) >= 11 is 0. The predicted octanol–water partition coefficient (Wildman–Crippen LogP) is 0.935. The van der Waals surface area contributed by atoms with Gasteiger partial charge in [0.15, 0.2) is 0 Å². The average Bonchev–Trinajstić information content (AvgIpc) is 2.47. The highest BCUT2D eigenvalue weighted by Crippen LogP contribution is 2.14. The molecule has 0 amide bonds. The first-order valence-corrected chi connectivity index (χ1v) is 7.28. The van der Waals surface area contributed by atoms with Crippen LogP contribution in [0.2, 0.25) is 0 Å². The number of nitrogen functional groups attached to an aromatic ring is 1. The van der Waals surface area contributed by atoms with Gasteiger partial charge in [-0.2, -0.15) is 15.0 Å². The third-order valence-corrected chi connectivity index (χ3v) is 3.72. The summed E-state index contributed by atoms with van der Waals surface area (Å²) in [7, 11) is 2.09. The van der Waals surface area contributed by atoms with Gasteiger partial charge in [-0.15, -0.1) is 0 Å². The standard InChI is InChI=1S/C15H19FN6/c1-21-5-7-22(8-6-21)15-19-13(18-14(17)20-15)10-11-3-2-4-12(16)9-11/h2-4,9H,5-8,10H2,1H3,(H2,17,18,19,20). The highest BCUT2D eigenvalue weighted by molar-refractivity contribution is 5.36. The first-order valence-electron chi connectivity index (χ1n) is 7.28. The zero-order valence-corrected chi connectivity index (χ0v) is 12.5. The van der Waals surface area contributed by atoms with Gasteiger partial charge in [0.2, 0.25) is 11.9 Å². The van der Waals surface area contributed by atoms with E-state index in [2.05, 4.69) is 31.8 Å². The topological polar surface area (TPSA) is 71.2 Å². The molecule has 1 aliphatic heterocycles. The summed E-state index contributed by atoms with van der Waals surface area (Å²) in [5, 5.41) is 0. The maximum atomic E-state index is 13.3. The molecule has 1 fully saturated rings. The van der Waals surface area contributed by atoms with Crippen molar-refractivity contribution in [3.63, 3.8) is 0 Å². The lowest BCUT2D eigenvalue weighted by molar-refractivity contribution is 0.311. The number of hydrogen-bond donors (Lipinski definition) is 1. The molecule has 7 heteroatoms. The molecule has 0 radical (unpaired) electrons. The summed E-state index contributed by atoms with van der Waals surface area (Å²) in [6.45, 7) is 3.65. The van der Waals surface area contributed by atoms with Gasteiger partial charge in [0.1, 0.15) is 11.6 Å². The number of nitrogens with two attached hydrogens (primary N) is 1. The third kappa shape index (κ3) is 3.48. The van der Waals surface area contributed by atoms with Crippen molar-refractivity contribution in [1.82, 2.24) is 19.9 Å². The van der Waals surface area contributed by atoms with Crippen molar-refractivity contribution in [2.75, 3.05) is 43.9 Å². The predicted molar refractivity (Wildman–Crippen MR) is 83.2 cm³/mol. The van der Waals surface area contributed by atoms with Crippen molar-refractivity contribution < 1.29 is 4.39 Å². The van der Waals surface area contributed by atoms with Gasteiger partial charge in [-0.3, -0.25) is 0 Å². The number of piperazine rings is 1. The van der Waals surface area contributed by atoms with E-state index in [1.165, 1.54) is 12.1 Å². The Labute approximate surface area is 128 Å². The van der Waals surface area contributed by atoms with E-state index in [1.807, 2.05) is 6.07 Å². The van der Waals surface area contributed by atoms with E-state index >= 15 is 0 Å². The Bertz CT molecular complexity index is 654. The molecule has 0 aliphatic carbocycles. The van der Waals surface area contributed by atoms with Crippen LogP contribution in [0.15, 0.2) is 24.3 Å². The molecule has 2 N–H and O–H groups in total. The van der Waals surface area contributed by atoms with Gasteiger partial charge in [0.25, 0.3) is 0 Å². The van der Waals surface area contributed by atoms with E-state index in [0.717, 1.165) is 31.7 Å². The van der Waals surface area contributed by atoms with Crippen LogP contribution in [0.25, 0.3) is 0 Å². The summed E-state index contributed by atoms with van der Waals surface area (Å²) in [5.41, 5.74) is 6.62. The Kier molecular flexibility index (Phi) is 4.15. The first kappa shape index (κ1) is 14.6. The van der Waals surface area contributed by atoms with Crippen LogP contribution < -0.4 is 10.6 Å². The summed E-state index contributed by atoms with van der Waals surface area (Å²) < 4.78 is 13.3. The maximum Gasteiger partial charge on any atom is 0.230 e. The number of rotatable bonds is 3. The Balaban J connectivity index is 1.80. The normalized spacial score (nSPS) is 16.0. The molecule has 22 heavy (non-hydrogen) atoms. The number of likely N-dealkylation sites (N-methyl/N-ethyl adjacent to an activating group) is 1. The summed E-state index contributed by atoms with van der Waals surface area (Å²) in [5.74, 6) is 1.10. The molecule has 3 rings (SSSR count). The molecule has 0 saturated carbocycles. The van der Waals surface area contributed by atoms with Crippen LogP contribution in [0.1, 0.15) is 11.4 Å². The first-order chi connectivity index (χ1) is 10.6. The summed E-state index contributed by atoms with van der Waals surface area (Å²) in [6, 6.07) is 6.42. The second kappa shape index (κ2) is 6.23. The van der Waals surface area contributed by atoms with Gasteiger partial charge in [0, 0.05) is 32.6 Å². The van der Waals surface area contributed by atoms with Gasteiger partial charge < -0.3 is 15.5 Å². The monoisotopic (exact) mass is 302 g/mol. The Morgan fingerprint density at radius 1 is 1.14 bits per heavy atom. The minimum Gasteiger partial charge on any atom is -0.368 e. The SMILES string of the molecule is CN1CCN(c2nc(N)nc(Cc3cccc(F)c3)n2)CC1. The van der Waals surface area contributed by atoms with Crippen LogP contribution in [0.4, 0.5) is 16.3 Å². The highest BCUT2D eigenvalue weighted by atomic mass is 19.1. The molecule has 1 aromatic heterocycles. The van der Waals surface area contributed by atoms with Crippen molar-refractivity contribution in [2.45, 2.75) is 6.42 Å². The van der Waals surface area contributed by atoms with Crippen LogP contribution in [-0.4, -0.2) is 53.1 Å². The number of halogens is 1. The van der Waals surface area contributed by atoms with E-state index in [9.17, 15) is 4.39 Å². The van der Waals surface area contributed by atoms with Crippen molar-refractivity contribution in [3.05, 3.63) is 41.5 Å². The summed E-state index contributed by atoms with van der Waals surface area (Å²) in [6.07, 6.45) is 0.436. The molecule has 0 bridgehead atoms. The zero-order chi connectivity index (χ0) is 15.5. The quantitative estimate of drug-likeness (QED) is 0.909. The van der Waals surface area contributed by atoms with E-state index in [1.54, 1.807) is 6.07 Å². The Morgan fingerprint density at radius 3 is 2.64 bits per heavy atom. The fraction of sp³-hybridized carbons (Fsp3) is 0.400. The molecule has 0 spiro atoms. The minimum absolute atomic E-state index is 0.204. The van der Waals surface area contributed by atoms with Gasteiger partial charge in [0.05, 0.1) is 0 Å². The molecule has 2 aromatic rings. The third-order valence-electron chi connectivity index (χ3n) is 3.72. The van der Waals surface area contributed by atoms with E-state index in [4.69, 9.17) is 5.73 Å². The lowest BCUT2D eigenvalue weighted by Gasteiger charge is -2.32. The van der Waals surface area contributed by atoms with Gasteiger partial charge in [-0.25, -0.2) is 4.39 Å². The van der Waals surface area contributed by atoms with Gasteiger partial charge in [-0.1, -0.05) is 12.1 Å². The van der Waals surface area contributed by atoms with Crippen molar-refractivity contribution >= 4 is 11.9 Å². The smallest absolute Gasteiger partial charge is 0.230 e. The summed E-state index contributed by atoms with van der Waals surface area (Å²) in [4.78, 5) is 17.2. The van der Waals surface area contributed by atoms with Crippen LogP contribution in [0.3, 0.4) is 0 Å². The lowest BCUT2D eigenvalue weighted by Crippen LogP contribution is -2.45. The molecular formula is C15H19FN6. The molecule has 116 valence electrons. The van der Waals surface area contributed by atoms with E-state index < -0.39 is 0 Å². The largest absolute Gasteiger partial charge is 0.368 e. The van der Waals surface area contributed by atoms with Crippen LogP contribution in [0.5, 0.6) is 0 Å². The molecule has 2 heterocycles. The van der Waals surface area contributed by atoms with Gasteiger partial charge in [-0.05, 0) is 24.7 Å². The zero-order valence-electron chi connectivity index (χ0n) is 12.5. The number of anilines is 2. The van der Waals surface area contributed by atoms with Crippen molar-refractivity contribution in [3.8, 4) is 0 Å². The van der Waals surface area contributed by atoms with Crippen LogP contribution in [0, 0.1) is 5.82 Å². The van der Waals surface area contributed by atoms with E-state index in [-0.39, 0.29) is 11.8 Å². The second-order valence-electron chi connectivity index (χ2n) is 5.51. The lowest BCUT2D eigenvalue weighted by atomic mass is 10.1. The molecule has 1 saturated heterocycles. The van der Waals surface area contributed by atoms with Gasteiger partial charge >= 0.3 is 0 Å². The molecule has 6 nitrogen and oxygen atoms in total. The van der Waals surface area contributed by atoms with Crippen LogP contribution >= 0.6 is 0 Å². The minimum atomic E-state index is -0.265. The average molecular weight is 302 g/mol. The molecule has 0 unspecified atom stereocenters. The molecule has 0 atom stereocenters. The van der Waals surface area contributed by atoms with Crippen molar-refractivity contribution in [1.29, 1.82) is 0 Å². The molecule has 1 aromatic carbocycles. The number of benzene rings is 1. The Hall–Kier alpha value is -2.28. The number of aromatic nitrogens is 3. The van der Waals surface area contributed by atoms with Crippen molar-refractivity contribution in [2.24, 2.45) is 0 Å². The van der Waals surface area contributed by atoms with Crippen LogP contribution in [-0.2, 0) is 6.42 Å². The van der Waals surface area contributed by atoms with E-state index in [0.29, 0.717) is 18.2 Å². The highest BCUT2D eigenvalue weighted by Gasteiger charge is 2.18. The fourth-order valence-corrected chi connectivity index (χ4v) is 2.48. The molecule has 1 aliphatic rings. The second-order valence-corrected chi connectivity index (χ2v) is 5.51.